The number of aryl methyl sites for hydroxylation is 2. The van der Waals surface area contributed by atoms with E-state index in [4.69, 9.17) is 4.74 Å². The maximum Gasteiger partial charge on any atom is 0.280 e. The lowest BCUT2D eigenvalue weighted by molar-refractivity contribution is -0.114. The molecule has 0 atom stereocenters. The Bertz CT molecular complexity index is 1610. The summed E-state index contributed by atoms with van der Waals surface area (Å²) >= 11 is 0. The second-order valence-electron chi connectivity index (χ2n) is 8.78. The number of allylic oxidation sites excluding steroid dienone is 1. The molecule has 0 unspecified atom stereocenters. The summed E-state index contributed by atoms with van der Waals surface area (Å²) < 4.78 is 8.87. The van der Waals surface area contributed by atoms with Crippen molar-refractivity contribution in [1.82, 2.24) is 14.2 Å². The largest absolute Gasteiger partial charge is 0.377 e. The number of fused-ring (bicyclic) bond motifs is 1. The molecule has 1 aliphatic carbocycles. The third-order valence-electron chi connectivity index (χ3n) is 6.58. The number of para-hydroxylation sites is 1. The van der Waals surface area contributed by atoms with Gasteiger partial charge in [0.2, 0.25) is 0 Å². The predicted octanol–water partition coefficient (Wildman–Crippen LogP) is 4.01. The molecule has 7 heteroatoms. The van der Waals surface area contributed by atoms with Gasteiger partial charge in [-0.2, -0.15) is 4.68 Å². The molecule has 2 aliphatic rings. The summed E-state index contributed by atoms with van der Waals surface area (Å²) in [4.78, 5) is 32.6. The molecule has 0 saturated heterocycles. The molecule has 35 heavy (non-hydrogen) atoms. The summed E-state index contributed by atoms with van der Waals surface area (Å²) in [6.07, 6.45) is 5.36. The van der Waals surface area contributed by atoms with Crippen LogP contribution in [0.1, 0.15) is 34.8 Å². The maximum absolute atomic E-state index is 14.1. The van der Waals surface area contributed by atoms with Crippen LogP contribution in [0.5, 0.6) is 0 Å². The van der Waals surface area contributed by atoms with Crippen LogP contribution in [0, 0.1) is 6.92 Å². The molecular weight excluding hydrogens is 440 g/mol. The van der Waals surface area contributed by atoms with Crippen molar-refractivity contribution in [3.05, 3.63) is 112 Å². The van der Waals surface area contributed by atoms with Crippen molar-refractivity contribution in [3.8, 4) is 0 Å². The van der Waals surface area contributed by atoms with Gasteiger partial charge in [-0.15, -0.1) is 0 Å². The molecule has 0 bridgehead atoms. The van der Waals surface area contributed by atoms with Crippen molar-refractivity contribution in [3.63, 3.8) is 0 Å². The van der Waals surface area contributed by atoms with Crippen LogP contribution in [0.2, 0.25) is 0 Å². The number of hydrogen-bond donors (Lipinski definition) is 0. The van der Waals surface area contributed by atoms with Gasteiger partial charge in [-0.25, -0.2) is 9.99 Å². The number of benzene rings is 2. The molecule has 0 saturated carbocycles. The Labute approximate surface area is 202 Å². The Hall–Kier alpha value is -4.23. The molecule has 0 fully saturated rings. The van der Waals surface area contributed by atoms with Gasteiger partial charge >= 0.3 is 0 Å². The fourth-order valence-corrected chi connectivity index (χ4v) is 5.09. The zero-order chi connectivity index (χ0) is 24.1. The Kier molecular flexibility index (Phi) is 5.00. The second kappa shape index (κ2) is 8.21. The molecule has 0 N–H and O–H groups in total. The molecule has 1 aliphatic heterocycles. The first kappa shape index (κ1) is 21.3. The van der Waals surface area contributed by atoms with E-state index >= 15 is 0 Å². The van der Waals surface area contributed by atoms with Crippen molar-refractivity contribution >= 4 is 28.1 Å². The van der Waals surface area contributed by atoms with E-state index in [0.717, 1.165) is 41.1 Å². The summed E-state index contributed by atoms with van der Waals surface area (Å²) in [5.74, 6) is 0.0842. The molecule has 3 heterocycles. The lowest BCUT2D eigenvalue weighted by Crippen LogP contribution is -2.45. The monoisotopic (exact) mass is 464 g/mol. The number of amides is 1. The van der Waals surface area contributed by atoms with E-state index in [2.05, 4.69) is 15.6 Å². The molecule has 1 amide bonds. The molecule has 2 aromatic carbocycles. The number of aromatic nitrogens is 3. The lowest BCUT2D eigenvalue weighted by atomic mass is 9.96. The molecule has 2 aromatic heterocycles. The van der Waals surface area contributed by atoms with Gasteiger partial charge in [-0.1, -0.05) is 48.5 Å². The van der Waals surface area contributed by atoms with E-state index in [0.29, 0.717) is 22.3 Å². The van der Waals surface area contributed by atoms with Crippen LogP contribution >= 0.6 is 0 Å². The average Bonchev–Trinajstić information content (AvgIpc) is 3.15. The zero-order valence-electron chi connectivity index (χ0n) is 19.6. The number of methoxy groups -OCH3 is 1. The van der Waals surface area contributed by atoms with Gasteiger partial charge in [0.05, 0.1) is 34.1 Å². The van der Waals surface area contributed by atoms with Crippen LogP contribution < -0.4 is 10.6 Å². The Morgan fingerprint density at radius 1 is 1.03 bits per heavy atom. The second-order valence-corrected chi connectivity index (χ2v) is 8.78. The highest BCUT2D eigenvalue weighted by atomic mass is 16.5. The van der Waals surface area contributed by atoms with Crippen molar-refractivity contribution in [1.29, 1.82) is 0 Å². The van der Waals surface area contributed by atoms with E-state index in [1.807, 2.05) is 49.4 Å². The van der Waals surface area contributed by atoms with E-state index < -0.39 is 0 Å². The molecular formula is C28H24N4O3. The minimum absolute atomic E-state index is 0.0774. The van der Waals surface area contributed by atoms with Gasteiger partial charge < -0.3 is 9.30 Å². The summed E-state index contributed by atoms with van der Waals surface area (Å²) in [7, 11) is 1.55. The van der Waals surface area contributed by atoms with Crippen LogP contribution in [0.4, 0.5) is 0 Å². The third-order valence-corrected chi connectivity index (χ3v) is 6.58. The highest BCUT2D eigenvalue weighted by molar-refractivity contribution is 6.26. The quantitative estimate of drug-likeness (QED) is 0.458. The SMILES string of the molecule is COCc1nc2ccccc2c(=O)n1N1C=C(c2ccccc2)n2c(C)cc3c2C(=CCC3)C1=O. The van der Waals surface area contributed by atoms with Crippen LogP contribution in [0.15, 0.2) is 77.7 Å². The minimum Gasteiger partial charge on any atom is -0.377 e. The van der Waals surface area contributed by atoms with E-state index in [-0.39, 0.29) is 18.1 Å². The van der Waals surface area contributed by atoms with Crippen molar-refractivity contribution in [2.24, 2.45) is 0 Å². The molecule has 174 valence electrons. The first-order valence-corrected chi connectivity index (χ1v) is 11.6. The Morgan fingerprint density at radius 2 is 1.80 bits per heavy atom. The van der Waals surface area contributed by atoms with Crippen molar-refractivity contribution in [2.45, 2.75) is 26.4 Å². The van der Waals surface area contributed by atoms with Crippen LogP contribution in [0.3, 0.4) is 0 Å². The number of rotatable bonds is 4. The minimum atomic E-state index is -0.320. The summed E-state index contributed by atoms with van der Waals surface area (Å²) in [5.41, 5.74) is 5.65. The standard InChI is InChI=1S/C28H24N4O3/c1-18-15-20-11-8-13-22-26(20)31(18)24(19-9-4-3-5-10-19)16-30(27(22)33)32-25(17-35-2)29-23-14-7-6-12-21(23)28(32)34/h3-7,9-10,12-16H,8,11,17H2,1-2H3. The molecule has 7 nitrogen and oxygen atoms in total. The molecule has 4 aromatic rings. The van der Waals surface area contributed by atoms with E-state index in [9.17, 15) is 9.59 Å². The van der Waals surface area contributed by atoms with Gasteiger partial charge in [0.25, 0.3) is 11.5 Å². The summed E-state index contributed by atoms with van der Waals surface area (Å²) in [6.45, 7) is 2.13. The Balaban J connectivity index is 1.69. The fraction of sp³-hybridized carbons (Fsp3) is 0.179. The summed E-state index contributed by atoms with van der Waals surface area (Å²) in [5, 5.41) is 1.85. The van der Waals surface area contributed by atoms with Crippen LogP contribution in [0.25, 0.3) is 22.2 Å². The highest BCUT2D eigenvalue weighted by Gasteiger charge is 2.34. The normalized spacial score (nSPS) is 15.0. The van der Waals surface area contributed by atoms with Crippen LogP contribution in [-0.4, -0.2) is 27.2 Å². The topological polar surface area (TPSA) is 69.4 Å². The Morgan fingerprint density at radius 3 is 2.60 bits per heavy atom. The summed E-state index contributed by atoms with van der Waals surface area (Å²) in [6, 6.07) is 19.2. The van der Waals surface area contributed by atoms with Gasteiger partial charge in [0, 0.05) is 18.4 Å². The lowest BCUT2D eigenvalue weighted by Gasteiger charge is -2.24. The first-order valence-electron chi connectivity index (χ1n) is 11.6. The maximum atomic E-state index is 14.1. The van der Waals surface area contributed by atoms with Gasteiger partial charge in [0.15, 0.2) is 5.82 Å². The first-order chi connectivity index (χ1) is 17.1. The molecule has 6 rings (SSSR count). The predicted molar refractivity (Wildman–Crippen MR) is 135 cm³/mol. The van der Waals surface area contributed by atoms with Gasteiger partial charge in [-0.05, 0) is 43.5 Å². The number of carbonyl (C=O) groups is 1. The van der Waals surface area contributed by atoms with E-state index in [1.165, 1.54) is 9.69 Å². The smallest absolute Gasteiger partial charge is 0.280 e. The third kappa shape index (κ3) is 3.27. The van der Waals surface area contributed by atoms with Crippen LogP contribution in [-0.2, 0) is 22.6 Å². The number of hydrogen-bond acceptors (Lipinski definition) is 4. The zero-order valence-corrected chi connectivity index (χ0v) is 19.6. The van der Waals surface area contributed by atoms with E-state index in [1.54, 1.807) is 31.5 Å². The number of nitrogens with zero attached hydrogens (tertiary/aromatic N) is 4. The van der Waals surface area contributed by atoms with Crippen molar-refractivity contribution < 1.29 is 9.53 Å². The van der Waals surface area contributed by atoms with Crippen molar-refractivity contribution in [2.75, 3.05) is 12.1 Å². The number of carbonyl (C=O) groups excluding carboxylic acids is 1. The molecule has 0 spiro atoms. The van der Waals surface area contributed by atoms with Gasteiger partial charge in [-0.3, -0.25) is 9.59 Å². The van der Waals surface area contributed by atoms with Gasteiger partial charge in [0.1, 0.15) is 6.61 Å². The molecule has 0 radical (unpaired) electrons. The highest BCUT2D eigenvalue weighted by Crippen LogP contribution is 2.37. The number of ether oxygens (including phenoxy) is 1. The average molecular weight is 465 g/mol. The fourth-order valence-electron chi connectivity index (χ4n) is 5.09.